The van der Waals surface area contributed by atoms with E-state index in [2.05, 4.69) is 19.2 Å². The molecule has 1 aliphatic rings. The number of hydrogen-bond acceptors (Lipinski definition) is 10. The van der Waals surface area contributed by atoms with E-state index in [0.29, 0.717) is 19.3 Å². The molecule has 9 atom stereocenters. The molecule has 400 valence electrons. The fraction of sp³-hybridized carbons (Fsp3) is 0.982. The van der Waals surface area contributed by atoms with Crippen LogP contribution in [0.15, 0.2) is 0 Å². The minimum atomic E-state index is -1.66. The molecular formula is C56H111NO10. The number of carbonyl (C=O) groups is 1. The molecule has 0 aromatic heterocycles. The highest BCUT2D eigenvalue weighted by atomic mass is 16.7. The molecule has 67 heavy (non-hydrogen) atoms. The second-order valence-corrected chi connectivity index (χ2v) is 20.7. The van der Waals surface area contributed by atoms with Gasteiger partial charge in [-0.25, -0.2) is 0 Å². The fourth-order valence-corrected chi connectivity index (χ4v) is 9.68. The van der Waals surface area contributed by atoms with Crippen LogP contribution in [0.2, 0.25) is 0 Å². The van der Waals surface area contributed by atoms with Gasteiger partial charge in [0.25, 0.3) is 0 Å². The summed E-state index contributed by atoms with van der Waals surface area (Å²) in [5.74, 6) is -0.690. The summed E-state index contributed by atoms with van der Waals surface area (Å²) in [6, 6.07) is -1.16. The Labute approximate surface area is 411 Å². The minimum Gasteiger partial charge on any atom is -0.394 e. The Balaban J connectivity index is 2.30. The zero-order chi connectivity index (χ0) is 49.0. The van der Waals surface area contributed by atoms with E-state index in [4.69, 9.17) is 9.47 Å². The number of aliphatic hydroxyl groups is 7. The third-order valence-electron chi connectivity index (χ3n) is 14.4. The minimum absolute atomic E-state index is 0.267. The van der Waals surface area contributed by atoms with Crippen LogP contribution in [-0.4, -0.2) is 110 Å². The first-order valence-electron chi connectivity index (χ1n) is 28.9. The van der Waals surface area contributed by atoms with Crippen LogP contribution < -0.4 is 5.32 Å². The molecule has 1 rings (SSSR count). The van der Waals surface area contributed by atoms with Gasteiger partial charge in [0.1, 0.15) is 36.6 Å². The van der Waals surface area contributed by atoms with E-state index in [1.165, 1.54) is 205 Å². The summed E-state index contributed by atoms with van der Waals surface area (Å²) < 4.78 is 11.1. The largest absolute Gasteiger partial charge is 0.394 e. The molecule has 1 amide bonds. The molecule has 11 heteroatoms. The van der Waals surface area contributed by atoms with E-state index in [1.54, 1.807) is 0 Å². The van der Waals surface area contributed by atoms with Crippen LogP contribution in [0.4, 0.5) is 0 Å². The highest BCUT2D eigenvalue weighted by Crippen LogP contribution is 2.24. The number of amides is 1. The molecule has 0 aromatic rings. The number of aliphatic hydroxyl groups excluding tert-OH is 7. The molecule has 1 fully saturated rings. The fourth-order valence-electron chi connectivity index (χ4n) is 9.68. The first kappa shape index (κ1) is 64.1. The maximum absolute atomic E-state index is 13.2. The molecule has 9 unspecified atom stereocenters. The molecule has 0 radical (unpaired) electrons. The molecule has 1 aliphatic heterocycles. The Morgan fingerprint density at radius 1 is 0.463 bits per heavy atom. The maximum atomic E-state index is 13.2. The lowest BCUT2D eigenvalue weighted by Gasteiger charge is -2.40. The van der Waals surface area contributed by atoms with Crippen LogP contribution in [0.1, 0.15) is 284 Å². The van der Waals surface area contributed by atoms with Gasteiger partial charge in [-0.15, -0.1) is 0 Å². The Hall–Kier alpha value is -0.890. The van der Waals surface area contributed by atoms with Gasteiger partial charge >= 0.3 is 0 Å². The van der Waals surface area contributed by atoms with Gasteiger partial charge in [-0.2, -0.15) is 0 Å². The summed E-state index contributed by atoms with van der Waals surface area (Å²) in [5.41, 5.74) is 0. The molecule has 1 heterocycles. The van der Waals surface area contributed by atoms with Crippen molar-refractivity contribution >= 4 is 5.91 Å². The first-order chi connectivity index (χ1) is 32.7. The molecule has 8 N–H and O–H groups in total. The van der Waals surface area contributed by atoms with Crippen LogP contribution in [-0.2, 0) is 14.3 Å². The zero-order valence-corrected chi connectivity index (χ0v) is 43.7. The quantitative estimate of drug-likeness (QED) is 0.0273. The molecule has 0 saturated carbocycles. The number of rotatable bonds is 50. The Morgan fingerprint density at radius 2 is 0.776 bits per heavy atom. The van der Waals surface area contributed by atoms with E-state index in [9.17, 15) is 40.5 Å². The van der Waals surface area contributed by atoms with Gasteiger partial charge in [0.2, 0.25) is 5.91 Å². The summed E-state index contributed by atoms with van der Waals surface area (Å²) in [4.78, 5) is 13.2. The number of ether oxygens (including phenoxy) is 2. The molecule has 0 spiro atoms. The SMILES string of the molecule is CCCCCCCCCCCCCCCCCCCCCCCCCC(O)C(O)C(COC1OC(CO)C(O)C(O)C1O)NC(=O)C(O)CCCCCCCCCCCCCCCCCCC. The Morgan fingerprint density at radius 3 is 1.10 bits per heavy atom. The van der Waals surface area contributed by atoms with Crippen molar-refractivity contribution in [3.8, 4) is 0 Å². The van der Waals surface area contributed by atoms with Crippen LogP contribution in [0, 0.1) is 0 Å². The summed E-state index contributed by atoms with van der Waals surface area (Å²) in [5, 5.41) is 76.1. The van der Waals surface area contributed by atoms with Crippen molar-refractivity contribution in [1.82, 2.24) is 5.32 Å². The normalized spacial score (nSPS) is 20.5. The van der Waals surface area contributed by atoms with E-state index in [0.717, 1.165) is 38.5 Å². The van der Waals surface area contributed by atoms with E-state index in [-0.39, 0.29) is 6.42 Å². The van der Waals surface area contributed by atoms with Crippen molar-refractivity contribution in [2.75, 3.05) is 13.2 Å². The molecule has 0 aromatic carbocycles. The number of nitrogens with one attached hydrogen (secondary N) is 1. The second kappa shape index (κ2) is 46.2. The van der Waals surface area contributed by atoms with Crippen LogP contribution in [0.25, 0.3) is 0 Å². The first-order valence-corrected chi connectivity index (χ1v) is 28.9. The van der Waals surface area contributed by atoms with Gasteiger partial charge in [0.05, 0.1) is 25.4 Å². The predicted octanol–water partition coefficient (Wildman–Crippen LogP) is 11.8. The van der Waals surface area contributed by atoms with Gasteiger partial charge in [-0.3, -0.25) is 4.79 Å². The lowest BCUT2D eigenvalue weighted by Crippen LogP contribution is -2.60. The van der Waals surface area contributed by atoms with Crippen LogP contribution >= 0.6 is 0 Å². The van der Waals surface area contributed by atoms with Gasteiger partial charge in [0.15, 0.2) is 6.29 Å². The van der Waals surface area contributed by atoms with Crippen molar-refractivity contribution < 1.29 is 50.0 Å². The standard InChI is InChI=1S/C56H111NO10/c1-3-5-7-9-11-13-15-17-19-21-22-23-24-25-26-28-29-31-33-35-37-39-41-43-48(59)51(61)47(46-66-56-54(64)53(63)52(62)50(45-58)67-56)57-55(65)49(60)44-42-40-38-36-34-32-30-27-20-18-16-14-12-10-8-6-4-2/h47-54,56,58-64H,3-46H2,1-2H3,(H,57,65). The van der Waals surface area contributed by atoms with Crippen LogP contribution in [0.5, 0.6) is 0 Å². The molecule has 11 nitrogen and oxygen atoms in total. The number of hydrogen-bond donors (Lipinski definition) is 8. The van der Waals surface area contributed by atoms with Crippen LogP contribution in [0.3, 0.4) is 0 Å². The van der Waals surface area contributed by atoms with Crippen molar-refractivity contribution in [2.45, 2.75) is 339 Å². The predicted molar refractivity (Wildman–Crippen MR) is 275 cm³/mol. The highest BCUT2D eigenvalue weighted by Gasteiger charge is 2.44. The zero-order valence-electron chi connectivity index (χ0n) is 43.7. The second-order valence-electron chi connectivity index (χ2n) is 20.7. The average molecular weight is 959 g/mol. The van der Waals surface area contributed by atoms with E-state index >= 15 is 0 Å². The highest BCUT2D eigenvalue weighted by molar-refractivity contribution is 5.80. The van der Waals surface area contributed by atoms with Gasteiger partial charge in [-0.1, -0.05) is 271 Å². The van der Waals surface area contributed by atoms with Crippen molar-refractivity contribution in [1.29, 1.82) is 0 Å². The molecule has 0 bridgehead atoms. The number of carbonyl (C=O) groups excluding carboxylic acids is 1. The summed E-state index contributed by atoms with van der Waals surface area (Å²) in [6.07, 6.45) is 40.1. The van der Waals surface area contributed by atoms with E-state index in [1.807, 2.05) is 0 Å². The van der Waals surface area contributed by atoms with Crippen molar-refractivity contribution in [3.05, 3.63) is 0 Å². The molecular weight excluding hydrogens is 847 g/mol. The lowest BCUT2D eigenvalue weighted by atomic mass is 9.98. The van der Waals surface area contributed by atoms with Gasteiger partial charge < -0.3 is 50.5 Å². The van der Waals surface area contributed by atoms with E-state index < -0.39 is 74.2 Å². The lowest BCUT2D eigenvalue weighted by molar-refractivity contribution is -0.303. The third kappa shape index (κ3) is 35.0. The summed E-state index contributed by atoms with van der Waals surface area (Å²) in [6.45, 7) is 3.50. The number of unbranched alkanes of at least 4 members (excludes halogenated alkanes) is 38. The summed E-state index contributed by atoms with van der Waals surface area (Å²) in [7, 11) is 0. The third-order valence-corrected chi connectivity index (χ3v) is 14.4. The Bertz CT molecular complexity index is 1050. The average Bonchev–Trinajstić information content (AvgIpc) is 3.33. The monoisotopic (exact) mass is 958 g/mol. The van der Waals surface area contributed by atoms with Gasteiger partial charge in [-0.05, 0) is 12.8 Å². The van der Waals surface area contributed by atoms with Crippen molar-refractivity contribution in [3.63, 3.8) is 0 Å². The van der Waals surface area contributed by atoms with Crippen molar-refractivity contribution in [2.24, 2.45) is 0 Å². The topological polar surface area (TPSA) is 189 Å². The Kier molecular flexibility index (Phi) is 44.2. The smallest absolute Gasteiger partial charge is 0.249 e. The maximum Gasteiger partial charge on any atom is 0.249 e. The van der Waals surface area contributed by atoms with Gasteiger partial charge in [0, 0.05) is 0 Å². The molecule has 0 aliphatic carbocycles. The summed E-state index contributed by atoms with van der Waals surface area (Å²) >= 11 is 0. The molecule has 1 saturated heterocycles.